The smallest absolute Gasteiger partial charge is 0.257 e. The lowest BCUT2D eigenvalue weighted by atomic mass is 10.0. The van der Waals surface area contributed by atoms with Gasteiger partial charge in [0.15, 0.2) is 0 Å². The van der Waals surface area contributed by atoms with Crippen molar-refractivity contribution in [3.05, 3.63) is 71.4 Å². The number of aromatic nitrogens is 2. The van der Waals surface area contributed by atoms with E-state index in [1.165, 1.54) is 0 Å². The second-order valence-corrected chi connectivity index (χ2v) is 7.56. The fraction of sp³-hybridized carbons (Fsp3) is 0.227. The lowest BCUT2D eigenvalue weighted by Crippen LogP contribution is -2.32. The van der Waals surface area contributed by atoms with Crippen molar-refractivity contribution in [1.82, 2.24) is 15.1 Å². The van der Waals surface area contributed by atoms with E-state index in [2.05, 4.69) is 35.3 Å². The molecule has 0 unspecified atom stereocenters. The first-order chi connectivity index (χ1) is 13.7. The Kier molecular flexibility index (Phi) is 5.48. The van der Waals surface area contributed by atoms with Crippen LogP contribution in [0.15, 0.2) is 64.4 Å². The molecule has 2 heterocycles. The fourth-order valence-corrected chi connectivity index (χ4v) is 3.91. The molecular weight excluding hydrogens is 370 g/mol. The van der Waals surface area contributed by atoms with E-state index in [4.69, 9.17) is 4.42 Å². The van der Waals surface area contributed by atoms with Gasteiger partial charge in [0.2, 0.25) is 11.8 Å². The lowest BCUT2D eigenvalue weighted by molar-refractivity contribution is -0.131. The van der Waals surface area contributed by atoms with Gasteiger partial charge in [-0.15, -0.1) is 21.5 Å². The van der Waals surface area contributed by atoms with Crippen molar-refractivity contribution in [2.75, 3.05) is 6.54 Å². The molecule has 142 valence electrons. The van der Waals surface area contributed by atoms with E-state index < -0.39 is 0 Å². The molecule has 6 heteroatoms. The first-order valence-electron chi connectivity index (χ1n) is 9.35. The summed E-state index contributed by atoms with van der Waals surface area (Å²) in [5.41, 5.74) is 1.04. The molecular formula is C22H21N3O2S. The maximum atomic E-state index is 13.0. The number of nitrogens with zero attached hydrogens (tertiary/aromatic N) is 3. The summed E-state index contributed by atoms with van der Waals surface area (Å²) in [5.74, 6) is 1.03. The topological polar surface area (TPSA) is 59.2 Å². The first-order valence-corrected chi connectivity index (χ1v) is 10.2. The molecule has 0 saturated carbocycles. The number of rotatable bonds is 7. The number of benzene rings is 2. The molecule has 1 amide bonds. The molecule has 0 fully saturated rings. The fourth-order valence-electron chi connectivity index (χ4n) is 3.26. The van der Waals surface area contributed by atoms with E-state index >= 15 is 0 Å². The van der Waals surface area contributed by atoms with Crippen LogP contribution in [0.25, 0.3) is 21.5 Å². The van der Waals surface area contributed by atoms with Crippen LogP contribution in [-0.2, 0) is 17.8 Å². The third kappa shape index (κ3) is 3.97. The van der Waals surface area contributed by atoms with Crippen molar-refractivity contribution in [1.29, 1.82) is 0 Å². The van der Waals surface area contributed by atoms with Gasteiger partial charge >= 0.3 is 0 Å². The minimum absolute atomic E-state index is 0.0640. The van der Waals surface area contributed by atoms with Gasteiger partial charge in [-0.1, -0.05) is 55.5 Å². The minimum atomic E-state index is 0.0640. The van der Waals surface area contributed by atoms with E-state index in [-0.39, 0.29) is 5.91 Å². The van der Waals surface area contributed by atoms with E-state index in [1.54, 1.807) is 16.2 Å². The number of fused-ring (bicyclic) bond motifs is 1. The standard InChI is InChI=1S/C22H21N3O2S/c1-2-12-25(15-20-23-24-22(27-20)19-11-6-13-28-19)21(26)14-17-9-5-8-16-7-3-4-10-18(16)17/h3-11,13H,2,12,14-15H2,1H3. The van der Waals surface area contributed by atoms with Gasteiger partial charge in [0.1, 0.15) is 0 Å². The van der Waals surface area contributed by atoms with E-state index in [0.29, 0.717) is 31.3 Å². The molecule has 0 spiro atoms. The number of thiophene rings is 1. The zero-order chi connectivity index (χ0) is 19.3. The Labute approximate surface area is 167 Å². The van der Waals surface area contributed by atoms with Crippen LogP contribution in [0, 0.1) is 0 Å². The molecule has 2 aromatic heterocycles. The molecule has 0 aliphatic carbocycles. The predicted molar refractivity (Wildman–Crippen MR) is 111 cm³/mol. The van der Waals surface area contributed by atoms with Gasteiger partial charge in [-0.25, -0.2) is 0 Å². The molecule has 0 bridgehead atoms. The van der Waals surface area contributed by atoms with Crippen LogP contribution in [-0.4, -0.2) is 27.5 Å². The van der Waals surface area contributed by atoms with Crippen molar-refractivity contribution in [2.24, 2.45) is 0 Å². The summed E-state index contributed by atoms with van der Waals surface area (Å²) in [7, 11) is 0. The third-order valence-electron chi connectivity index (χ3n) is 4.59. The molecule has 4 rings (SSSR count). The highest BCUT2D eigenvalue weighted by atomic mass is 32.1. The zero-order valence-corrected chi connectivity index (χ0v) is 16.5. The highest BCUT2D eigenvalue weighted by Crippen LogP contribution is 2.24. The molecule has 2 aromatic carbocycles. The molecule has 5 nitrogen and oxygen atoms in total. The second kappa shape index (κ2) is 8.35. The van der Waals surface area contributed by atoms with Gasteiger partial charge in [-0.05, 0) is 34.2 Å². The Morgan fingerprint density at radius 2 is 1.93 bits per heavy atom. The van der Waals surface area contributed by atoms with Crippen LogP contribution in [0.1, 0.15) is 24.8 Å². The van der Waals surface area contributed by atoms with Crippen molar-refractivity contribution in [3.63, 3.8) is 0 Å². The molecule has 0 aliphatic rings. The summed E-state index contributed by atoms with van der Waals surface area (Å²) >= 11 is 1.55. The quantitative estimate of drug-likeness (QED) is 0.448. The third-order valence-corrected chi connectivity index (χ3v) is 5.45. The molecule has 0 atom stereocenters. The summed E-state index contributed by atoms with van der Waals surface area (Å²) in [6, 6.07) is 18.1. The summed E-state index contributed by atoms with van der Waals surface area (Å²) < 4.78 is 5.77. The molecule has 0 saturated heterocycles. The molecule has 4 aromatic rings. The van der Waals surface area contributed by atoms with Crippen molar-refractivity contribution >= 4 is 28.0 Å². The number of carbonyl (C=O) groups is 1. The van der Waals surface area contributed by atoms with Gasteiger partial charge < -0.3 is 9.32 Å². The van der Waals surface area contributed by atoms with Crippen molar-refractivity contribution < 1.29 is 9.21 Å². The highest BCUT2D eigenvalue weighted by Gasteiger charge is 2.18. The molecule has 28 heavy (non-hydrogen) atoms. The normalized spacial score (nSPS) is 11.0. The van der Waals surface area contributed by atoms with Crippen LogP contribution in [0.2, 0.25) is 0 Å². The van der Waals surface area contributed by atoms with Crippen LogP contribution in [0.4, 0.5) is 0 Å². The largest absolute Gasteiger partial charge is 0.418 e. The molecule has 0 radical (unpaired) electrons. The average Bonchev–Trinajstić information content (AvgIpc) is 3.40. The van der Waals surface area contributed by atoms with Gasteiger partial charge in [-0.2, -0.15) is 0 Å². The lowest BCUT2D eigenvalue weighted by Gasteiger charge is -2.20. The first kappa shape index (κ1) is 18.4. The Hall–Kier alpha value is -2.99. The predicted octanol–water partition coefficient (Wildman–Crippen LogP) is 4.93. The summed E-state index contributed by atoms with van der Waals surface area (Å²) in [6.45, 7) is 3.04. The van der Waals surface area contributed by atoms with Crippen LogP contribution >= 0.6 is 11.3 Å². The summed E-state index contributed by atoms with van der Waals surface area (Å²) in [5, 5.41) is 12.5. The van der Waals surface area contributed by atoms with Crippen molar-refractivity contribution in [2.45, 2.75) is 26.3 Å². The number of hydrogen-bond donors (Lipinski definition) is 0. The maximum absolute atomic E-state index is 13.0. The average molecular weight is 391 g/mol. The van der Waals surface area contributed by atoms with Gasteiger partial charge in [0.25, 0.3) is 5.89 Å². The summed E-state index contributed by atoms with van der Waals surface area (Å²) in [4.78, 5) is 15.8. The Morgan fingerprint density at radius 1 is 1.07 bits per heavy atom. The van der Waals surface area contributed by atoms with E-state index in [9.17, 15) is 4.79 Å². The SMILES string of the molecule is CCCN(Cc1nnc(-c2cccs2)o1)C(=O)Cc1cccc2ccccc12. The Morgan fingerprint density at radius 3 is 2.75 bits per heavy atom. The van der Waals surface area contributed by atoms with Gasteiger partial charge in [-0.3, -0.25) is 4.79 Å². The number of amides is 1. The second-order valence-electron chi connectivity index (χ2n) is 6.61. The molecule has 0 aliphatic heterocycles. The van der Waals surface area contributed by atoms with Gasteiger partial charge in [0.05, 0.1) is 17.8 Å². The van der Waals surface area contributed by atoms with Gasteiger partial charge in [0, 0.05) is 6.54 Å². The van der Waals surface area contributed by atoms with E-state index in [1.807, 2.05) is 41.8 Å². The zero-order valence-electron chi connectivity index (χ0n) is 15.7. The van der Waals surface area contributed by atoms with Crippen LogP contribution in [0.3, 0.4) is 0 Å². The molecule has 0 N–H and O–H groups in total. The highest BCUT2D eigenvalue weighted by molar-refractivity contribution is 7.13. The van der Waals surface area contributed by atoms with Crippen LogP contribution in [0.5, 0.6) is 0 Å². The van der Waals surface area contributed by atoms with E-state index in [0.717, 1.165) is 27.6 Å². The monoisotopic (exact) mass is 391 g/mol. The Balaban J connectivity index is 1.51. The number of carbonyl (C=O) groups excluding carboxylic acids is 1. The van der Waals surface area contributed by atoms with Crippen molar-refractivity contribution in [3.8, 4) is 10.8 Å². The van der Waals surface area contributed by atoms with Crippen LogP contribution < -0.4 is 0 Å². The maximum Gasteiger partial charge on any atom is 0.257 e. The number of hydrogen-bond acceptors (Lipinski definition) is 5. The minimum Gasteiger partial charge on any atom is -0.418 e. The Bertz CT molecular complexity index is 1070. The summed E-state index contributed by atoms with van der Waals surface area (Å²) in [6.07, 6.45) is 1.22.